The van der Waals surface area contributed by atoms with Gasteiger partial charge in [0.2, 0.25) is 5.91 Å². The molecule has 1 aliphatic heterocycles. The van der Waals surface area contributed by atoms with Crippen molar-refractivity contribution in [3.05, 3.63) is 76.9 Å². The number of fused-ring (bicyclic) bond motifs is 1. The molecule has 0 saturated carbocycles. The van der Waals surface area contributed by atoms with Gasteiger partial charge in [0, 0.05) is 10.9 Å². The van der Waals surface area contributed by atoms with Gasteiger partial charge in [-0.15, -0.1) is 0 Å². The summed E-state index contributed by atoms with van der Waals surface area (Å²) in [6, 6.07) is 18.2. The van der Waals surface area contributed by atoms with Gasteiger partial charge in [0.05, 0.1) is 11.7 Å². The molecule has 4 heteroatoms. The monoisotopic (exact) mass is 398 g/mol. The predicted octanol–water partition coefficient (Wildman–Crippen LogP) is 4.95. The van der Waals surface area contributed by atoms with E-state index in [0.29, 0.717) is 5.56 Å². The van der Waals surface area contributed by atoms with E-state index in [1.165, 1.54) is 24.0 Å². The van der Waals surface area contributed by atoms with E-state index in [2.05, 4.69) is 30.4 Å². The van der Waals surface area contributed by atoms with Crippen molar-refractivity contribution in [2.24, 2.45) is 0 Å². The first kappa shape index (κ1) is 18.9. The third-order valence-corrected chi connectivity index (χ3v) is 6.47. The number of rotatable bonds is 5. The first-order chi connectivity index (χ1) is 14.7. The van der Waals surface area contributed by atoms with E-state index < -0.39 is 0 Å². The lowest BCUT2D eigenvalue weighted by molar-refractivity contribution is -0.120. The maximum atomic E-state index is 12.9. The van der Waals surface area contributed by atoms with Gasteiger partial charge >= 0.3 is 0 Å². The SMILES string of the molecule is CC[C@@H](NC(=O)CN1C(=O)c2cccc3cccc1c23)c1ccc2c(c1)CCCC2. The summed E-state index contributed by atoms with van der Waals surface area (Å²) in [6.07, 6.45) is 5.59. The molecule has 0 saturated heterocycles. The Kier molecular flexibility index (Phi) is 4.78. The number of aryl methyl sites for hydroxylation is 2. The summed E-state index contributed by atoms with van der Waals surface area (Å²) in [6.45, 7) is 2.12. The number of carbonyl (C=O) groups excluding carboxylic acids is 2. The molecule has 4 nitrogen and oxygen atoms in total. The summed E-state index contributed by atoms with van der Waals surface area (Å²) in [5.74, 6) is -0.225. The van der Waals surface area contributed by atoms with Crippen LogP contribution in [0.15, 0.2) is 54.6 Å². The normalized spacial score (nSPS) is 15.9. The van der Waals surface area contributed by atoms with Crippen molar-refractivity contribution >= 4 is 28.3 Å². The Hall–Kier alpha value is -3.14. The molecule has 0 radical (unpaired) electrons. The van der Waals surface area contributed by atoms with Crippen LogP contribution < -0.4 is 10.2 Å². The lowest BCUT2D eigenvalue weighted by Gasteiger charge is -2.23. The topological polar surface area (TPSA) is 49.4 Å². The highest BCUT2D eigenvalue weighted by Gasteiger charge is 2.31. The molecular formula is C26H26N2O2. The number of nitrogens with zero attached hydrogens (tertiary/aromatic N) is 1. The molecule has 0 unspecified atom stereocenters. The van der Waals surface area contributed by atoms with E-state index in [1.807, 2.05) is 36.4 Å². The van der Waals surface area contributed by atoms with Crippen LogP contribution in [0, 0.1) is 0 Å². The van der Waals surface area contributed by atoms with Crippen LogP contribution in [0.5, 0.6) is 0 Å². The maximum absolute atomic E-state index is 12.9. The third-order valence-electron chi connectivity index (χ3n) is 6.47. The predicted molar refractivity (Wildman–Crippen MR) is 120 cm³/mol. The molecule has 152 valence electrons. The second kappa shape index (κ2) is 7.60. The summed E-state index contributed by atoms with van der Waals surface area (Å²) in [5, 5.41) is 5.14. The molecule has 3 aromatic rings. The fourth-order valence-electron chi connectivity index (χ4n) is 4.91. The summed E-state index contributed by atoms with van der Waals surface area (Å²) >= 11 is 0. The highest BCUT2D eigenvalue weighted by Crippen LogP contribution is 2.37. The van der Waals surface area contributed by atoms with Gasteiger partial charge in [0.25, 0.3) is 5.91 Å². The quantitative estimate of drug-likeness (QED) is 0.661. The van der Waals surface area contributed by atoms with Gasteiger partial charge in [-0.3, -0.25) is 14.5 Å². The molecule has 2 amide bonds. The van der Waals surface area contributed by atoms with Gasteiger partial charge in [0.15, 0.2) is 0 Å². The fraction of sp³-hybridized carbons (Fsp3) is 0.308. The molecule has 1 N–H and O–H groups in total. The molecule has 0 aromatic heterocycles. The molecule has 3 aromatic carbocycles. The minimum absolute atomic E-state index is 0.0358. The molecular weight excluding hydrogens is 372 g/mol. The number of carbonyl (C=O) groups is 2. The average Bonchev–Trinajstić information content (AvgIpc) is 3.05. The zero-order valence-electron chi connectivity index (χ0n) is 17.3. The van der Waals surface area contributed by atoms with Crippen LogP contribution in [0.25, 0.3) is 10.8 Å². The Bertz CT molecular complexity index is 1150. The highest BCUT2D eigenvalue weighted by atomic mass is 16.2. The van der Waals surface area contributed by atoms with Crippen molar-refractivity contribution in [1.29, 1.82) is 0 Å². The fourth-order valence-corrected chi connectivity index (χ4v) is 4.91. The van der Waals surface area contributed by atoms with Gasteiger partial charge in [-0.2, -0.15) is 0 Å². The molecule has 1 aliphatic carbocycles. The van der Waals surface area contributed by atoms with Gasteiger partial charge in [-0.25, -0.2) is 0 Å². The Labute approximate surface area is 176 Å². The van der Waals surface area contributed by atoms with Crippen molar-refractivity contribution in [2.45, 2.75) is 45.1 Å². The van der Waals surface area contributed by atoms with Gasteiger partial charge in [0.1, 0.15) is 6.54 Å². The summed E-state index contributed by atoms with van der Waals surface area (Å²) in [4.78, 5) is 27.5. The third kappa shape index (κ3) is 3.17. The lowest BCUT2D eigenvalue weighted by atomic mass is 9.89. The Morgan fingerprint density at radius 2 is 1.80 bits per heavy atom. The number of hydrogen-bond acceptors (Lipinski definition) is 2. The molecule has 0 bridgehead atoms. The number of amides is 2. The second-order valence-electron chi connectivity index (χ2n) is 8.34. The first-order valence-corrected chi connectivity index (χ1v) is 10.9. The lowest BCUT2D eigenvalue weighted by Crippen LogP contribution is -2.40. The zero-order chi connectivity index (χ0) is 20.7. The Morgan fingerprint density at radius 1 is 1.03 bits per heavy atom. The zero-order valence-corrected chi connectivity index (χ0v) is 17.3. The van der Waals surface area contributed by atoms with Crippen LogP contribution in [-0.2, 0) is 17.6 Å². The van der Waals surface area contributed by atoms with Crippen molar-refractivity contribution < 1.29 is 9.59 Å². The smallest absolute Gasteiger partial charge is 0.259 e. The number of anilines is 1. The highest BCUT2D eigenvalue weighted by molar-refractivity contribution is 6.26. The Morgan fingerprint density at radius 3 is 2.60 bits per heavy atom. The van der Waals surface area contributed by atoms with Crippen LogP contribution >= 0.6 is 0 Å². The van der Waals surface area contributed by atoms with E-state index in [-0.39, 0.29) is 24.4 Å². The van der Waals surface area contributed by atoms with E-state index in [1.54, 1.807) is 4.90 Å². The van der Waals surface area contributed by atoms with Crippen LogP contribution in [0.3, 0.4) is 0 Å². The molecule has 2 aliphatic rings. The first-order valence-electron chi connectivity index (χ1n) is 10.9. The Balaban J connectivity index is 1.35. The average molecular weight is 399 g/mol. The van der Waals surface area contributed by atoms with E-state index >= 15 is 0 Å². The van der Waals surface area contributed by atoms with Crippen molar-refractivity contribution in [3.63, 3.8) is 0 Å². The van der Waals surface area contributed by atoms with E-state index in [0.717, 1.165) is 41.3 Å². The number of hydrogen-bond donors (Lipinski definition) is 1. The molecule has 1 heterocycles. The molecule has 0 fully saturated rings. The number of nitrogens with one attached hydrogen (secondary N) is 1. The molecule has 5 rings (SSSR count). The van der Waals surface area contributed by atoms with Crippen LogP contribution in [-0.4, -0.2) is 18.4 Å². The standard InChI is InChI=1S/C26H26N2O2/c1-2-22(20-14-13-17-7-3-4-8-19(17)15-20)27-24(29)16-28-23-12-6-10-18-9-5-11-21(25(18)23)26(28)30/h5-6,9-15,22H,2-4,7-8,16H2,1H3,(H,27,29)/t22-/m1/s1. The van der Waals surface area contributed by atoms with Crippen LogP contribution in [0.4, 0.5) is 5.69 Å². The molecule has 30 heavy (non-hydrogen) atoms. The maximum Gasteiger partial charge on any atom is 0.259 e. The van der Waals surface area contributed by atoms with Crippen LogP contribution in [0.2, 0.25) is 0 Å². The largest absolute Gasteiger partial charge is 0.348 e. The van der Waals surface area contributed by atoms with Crippen molar-refractivity contribution in [2.75, 3.05) is 11.4 Å². The van der Waals surface area contributed by atoms with Gasteiger partial charge in [-0.05, 0) is 66.3 Å². The van der Waals surface area contributed by atoms with Gasteiger partial charge < -0.3 is 5.32 Å². The molecule has 0 spiro atoms. The van der Waals surface area contributed by atoms with Crippen molar-refractivity contribution in [1.82, 2.24) is 5.32 Å². The van der Waals surface area contributed by atoms with Gasteiger partial charge in [-0.1, -0.05) is 49.4 Å². The van der Waals surface area contributed by atoms with E-state index in [9.17, 15) is 9.59 Å². The molecule has 1 atom stereocenters. The summed E-state index contributed by atoms with van der Waals surface area (Å²) in [5.41, 5.74) is 5.52. The van der Waals surface area contributed by atoms with Crippen molar-refractivity contribution in [3.8, 4) is 0 Å². The van der Waals surface area contributed by atoms with E-state index in [4.69, 9.17) is 0 Å². The summed E-state index contributed by atoms with van der Waals surface area (Å²) < 4.78 is 0. The van der Waals surface area contributed by atoms with Crippen LogP contribution in [0.1, 0.15) is 59.3 Å². The minimum Gasteiger partial charge on any atom is -0.348 e. The second-order valence-corrected chi connectivity index (χ2v) is 8.34. The number of benzene rings is 3. The summed E-state index contributed by atoms with van der Waals surface area (Å²) in [7, 11) is 0. The minimum atomic E-state index is -0.127.